The third-order valence-corrected chi connectivity index (χ3v) is 3.27. The van der Waals surface area contributed by atoms with Crippen molar-refractivity contribution in [3.05, 3.63) is 29.8 Å². The largest absolute Gasteiger partial charge is 0.304 e. The zero-order chi connectivity index (χ0) is 12.0. The van der Waals surface area contributed by atoms with Gasteiger partial charge < -0.3 is 5.32 Å². The van der Waals surface area contributed by atoms with Crippen LogP contribution in [-0.2, 0) is 16.3 Å². The zero-order valence-electron chi connectivity index (χ0n) is 9.10. The first-order chi connectivity index (χ1) is 7.54. The minimum absolute atomic E-state index is 0.334. The van der Waals surface area contributed by atoms with Gasteiger partial charge in [0.1, 0.15) is 0 Å². The molecule has 0 radical (unpaired) electrons. The number of hydrogen-bond donors (Lipinski definition) is 1. The lowest BCUT2D eigenvalue weighted by Crippen LogP contribution is -2.17. The molecule has 0 aromatic heterocycles. The van der Waals surface area contributed by atoms with E-state index in [2.05, 4.69) is 5.32 Å². The van der Waals surface area contributed by atoms with Gasteiger partial charge in [0.15, 0.2) is 9.84 Å². The van der Waals surface area contributed by atoms with Crippen LogP contribution in [0.15, 0.2) is 29.2 Å². The number of nitriles is 1. The first-order valence-corrected chi connectivity index (χ1v) is 6.80. The number of rotatable bonds is 5. The summed E-state index contributed by atoms with van der Waals surface area (Å²) in [6.07, 6.45) is 1.97. The third-order valence-electron chi connectivity index (χ3n) is 2.15. The second-order valence-corrected chi connectivity index (χ2v) is 5.52. The van der Waals surface area contributed by atoms with E-state index in [1.165, 1.54) is 6.26 Å². The number of nitrogens with zero attached hydrogens (tertiary/aromatic N) is 1. The second kappa shape index (κ2) is 5.64. The quantitative estimate of drug-likeness (QED) is 0.607. The van der Waals surface area contributed by atoms with E-state index >= 15 is 0 Å². The smallest absolute Gasteiger partial charge is 0.175 e. The Morgan fingerprint density at radius 2 is 1.94 bits per heavy atom. The molecule has 16 heavy (non-hydrogen) atoms. The number of sulfone groups is 1. The maximum Gasteiger partial charge on any atom is 0.175 e. The monoisotopic (exact) mass is 238 g/mol. The molecular weight excluding hydrogens is 224 g/mol. The molecule has 86 valence electrons. The lowest BCUT2D eigenvalue weighted by Gasteiger charge is -2.03. The van der Waals surface area contributed by atoms with Crippen LogP contribution in [-0.4, -0.2) is 27.8 Å². The topological polar surface area (TPSA) is 70.0 Å². The molecule has 0 aliphatic heterocycles. The number of benzene rings is 1. The summed E-state index contributed by atoms with van der Waals surface area (Å²) in [7, 11) is -3.11. The second-order valence-electron chi connectivity index (χ2n) is 3.50. The van der Waals surface area contributed by atoms with Gasteiger partial charge in [0, 0.05) is 12.8 Å². The molecule has 1 N–H and O–H groups in total. The van der Waals surface area contributed by atoms with E-state index in [-0.39, 0.29) is 0 Å². The van der Waals surface area contributed by atoms with Crippen molar-refractivity contribution in [3.8, 4) is 6.07 Å². The van der Waals surface area contributed by atoms with E-state index in [0.29, 0.717) is 18.0 Å². The van der Waals surface area contributed by atoms with Crippen LogP contribution in [0.3, 0.4) is 0 Å². The predicted molar refractivity (Wildman–Crippen MR) is 61.7 cm³/mol. The number of hydrogen-bond acceptors (Lipinski definition) is 4. The van der Waals surface area contributed by atoms with Crippen LogP contribution in [0.5, 0.6) is 0 Å². The van der Waals surface area contributed by atoms with Crippen molar-refractivity contribution < 1.29 is 8.42 Å². The van der Waals surface area contributed by atoms with Gasteiger partial charge >= 0.3 is 0 Å². The van der Waals surface area contributed by atoms with E-state index in [9.17, 15) is 8.42 Å². The van der Waals surface area contributed by atoms with Gasteiger partial charge in [-0.05, 0) is 24.1 Å². The lowest BCUT2D eigenvalue weighted by molar-refractivity contribution is 0.602. The maximum absolute atomic E-state index is 11.2. The summed E-state index contributed by atoms with van der Waals surface area (Å²) < 4.78 is 22.4. The molecule has 0 saturated heterocycles. The van der Waals surface area contributed by atoms with Crippen molar-refractivity contribution >= 4 is 9.84 Å². The first-order valence-electron chi connectivity index (χ1n) is 4.90. The molecule has 0 aliphatic rings. The minimum atomic E-state index is -3.11. The Balaban J connectivity index is 2.56. The van der Waals surface area contributed by atoms with Gasteiger partial charge in [0.25, 0.3) is 0 Å². The highest BCUT2D eigenvalue weighted by atomic mass is 32.2. The fraction of sp³-hybridized carbons (Fsp3) is 0.364. The van der Waals surface area contributed by atoms with Crippen LogP contribution < -0.4 is 5.32 Å². The SMILES string of the molecule is CS(=O)(=O)c1ccc(CCNCC#N)cc1. The van der Waals surface area contributed by atoms with Crippen LogP contribution in [0.25, 0.3) is 0 Å². The molecule has 0 aliphatic carbocycles. The van der Waals surface area contributed by atoms with Crippen molar-refractivity contribution in [2.45, 2.75) is 11.3 Å². The minimum Gasteiger partial charge on any atom is -0.304 e. The Morgan fingerprint density at radius 3 is 2.44 bits per heavy atom. The summed E-state index contributed by atoms with van der Waals surface area (Å²) in [5, 5.41) is 11.3. The highest BCUT2D eigenvalue weighted by Gasteiger charge is 2.05. The highest BCUT2D eigenvalue weighted by molar-refractivity contribution is 7.90. The summed E-state index contributed by atoms with van der Waals surface area (Å²) in [5.41, 5.74) is 1.05. The van der Waals surface area contributed by atoms with Gasteiger partial charge in [0.05, 0.1) is 17.5 Å². The molecule has 1 rings (SSSR count). The molecule has 1 aromatic carbocycles. The molecule has 5 heteroatoms. The van der Waals surface area contributed by atoms with Gasteiger partial charge in [-0.2, -0.15) is 5.26 Å². The van der Waals surface area contributed by atoms with Crippen LogP contribution in [0.1, 0.15) is 5.56 Å². The fourth-order valence-corrected chi connectivity index (χ4v) is 1.91. The van der Waals surface area contributed by atoms with Crippen LogP contribution in [0.2, 0.25) is 0 Å². The Kier molecular flexibility index (Phi) is 4.47. The molecule has 0 saturated carbocycles. The molecule has 0 spiro atoms. The molecule has 0 atom stereocenters. The van der Waals surface area contributed by atoms with E-state index in [0.717, 1.165) is 12.0 Å². The molecular formula is C11H14N2O2S. The Hall–Kier alpha value is -1.38. The van der Waals surface area contributed by atoms with E-state index in [4.69, 9.17) is 5.26 Å². The van der Waals surface area contributed by atoms with Crippen molar-refractivity contribution in [1.29, 1.82) is 5.26 Å². The molecule has 0 heterocycles. The molecule has 0 amide bonds. The molecule has 0 bridgehead atoms. The summed E-state index contributed by atoms with van der Waals surface area (Å²) in [6, 6.07) is 8.80. The van der Waals surface area contributed by atoms with Crippen LogP contribution in [0, 0.1) is 11.3 Å². The number of nitrogens with one attached hydrogen (secondary N) is 1. The van der Waals surface area contributed by atoms with Gasteiger partial charge in [-0.25, -0.2) is 8.42 Å². The normalized spacial score (nSPS) is 11.0. The molecule has 0 unspecified atom stereocenters. The van der Waals surface area contributed by atoms with Crippen molar-refractivity contribution in [2.75, 3.05) is 19.3 Å². The van der Waals surface area contributed by atoms with Gasteiger partial charge in [-0.1, -0.05) is 12.1 Å². The third kappa shape index (κ3) is 4.01. The van der Waals surface area contributed by atoms with Gasteiger partial charge in [-0.3, -0.25) is 0 Å². The average Bonchev–Trinajstić information content (AvgIpc) is 2.24. The van der Waals surface area contributed by atoms with Crippen LogP contribution >= 0.6 is 0 Å². The summed E-state index contributed by atoms with van der Waals surface area (Å²) in [6.45, 7) is 1.05. The van der Waals surface area contributed by atoms with Crippen molar-refractivity contribution in [1.82, 2.24) is 5.32 Å². The highest BCUT2D eigenvalue weighted by Crippen LogP contribution is 2.10. The first kappa shape index (κ1) is 12.7. The van der Waals surface area contributed by atoms with Crippen LogP contribution in [0.4, 0.5) is 0 Å². The van der Waals surface area contributed by atoms with E-state index in [1.54, 1.807) is 24.3 Å². The Bertz CT molecular complexity index is 472. The summed E-state index contributed by atoms with van der Waals surface area (Å²) >= 11 is 0. The molecule has 0 fully saturated rings. The van der Waals surface area contributed by atoms with E-state index in [1.807, 2.05) is 6.07 Å². The Labute approximate surface area is 95.8 Å². The van der Waals surface area contributed by atoms with Crippen molar-refractivity contribution in [3.63, 3.8) is 0 Å². The van der Waals surface area contributed by atoms with Gasteiger partial charge in [-0.15, -0.1) is 0 Å². The lowest BCUT2D eigenvalue weighted by atomic mass is 10.1. The molecule has 1 aromatic rings. The molecule has 4 nitrogen and oxygen atoms in total. The summed E-state index contributed by atoms with van der Waals surface area (Å²) in [5.74, 6) is 0. The average molecular weight is 238 g/mol. The summed E-state index contributed by atoms with van der Waals surface area (Å²) in [4.78, 5) is 0.334. The predicted octanol–water partition coefficient (Wildman–Crippen LogP) is 0.746. The standard InChI is InChI=1S/C11H14N2O2S/c1-16(14,15)11-4-2-10(3-5-11)6-8-13-9-7-12/h2-5,13H,6,8-9H2,1H3. The Morgan fingerprint density at radius 1 is 1.31 bits per heavy atom. The van der Waals surface area contributed by atoms with Crippen molar-refractivity contribution in [2.24, 2.45) is 0 Å². The van der Waals surface area contributed by atoms with E-state index < -0.39 is 9.84 Å². The maximum atomic E-state index is 11.2. The zero-order valence-corrected chi connectivity index (χ0v) is 9.92. The van der Waals surface area contributed by atoms with Gasteiger partial charge in [0.2, 0.25) is 0 Å². The fourth-order valence-electron chi connectivity index (χ4n) is 1.28.